The minimum atomic E-state index is -4.43. The molecule has 0 unspecified atom stereocenters. The molecule has 2 aromatic carbocycles. The quantitative estimate of drug-likeness (QED) is 0.194. The number of halogens is 5. The zero-order valence-electron chi connectivity index (χ0n) is 14.8. The highest BCUT2D eigenvalue weighted by Crippen LogP contribution is 2.29. The Kier molecular flexibility index (Phi) is 6.68. The molecule has 0 spiro atoms. The largest absolute Gasteiger partial charge is 0.488 e. The van der Waals surface area contributed by atoms with Gasteiger partial charge in [0.05, 0.1) is 15.3 Å². The first kappa shape index (κ1) is 21.0. The number of alkyl halides is 3. The topological polar surface area (TPSA) is 46.5 Å². The van der Waals surface area contributed by atoms with Crippen LogP contribution in [0.3, 0.4) is 0 Å². The number of hydrazone groups is 1. The highest BCUT2D eigenvalue weighted by molar-refractivity contribution is 14.1. The second-order valence-corrected chi connectivity index (χ2v) is 7.03. The molecule has 0 atom stereocenters. The summed E-state index contributed by atoms with van der Waals surface area (Å²) in [6.07, 6.45) is -2.19. The molecule has 0 radical (unpaired) electrons. The molecule has 1 N–H and O–H groups in total. The summed E-state index contributed by atoms with van der Waals surface area (Å²) in [6, 6.07) is 13.8. The maximum Gasteiger partial charge on any atom is 0.417 e. The Morgan fingerprint density at radius 1 is 1.10 bits per heavy atom. The Morgan fingerprint density at radius 2 is 1.90 bits per heavy atom. The molecule has 0 aliphatic rings. The molecule has 0 aliphatic carbocycles. The smallest absolute Gasteiger partial charge is 0.417 e. The number of nitrogens with zero attached hydrogens (tertiary/aromatic N) is 2. The lowest BCUT2D eigenvalue weighted by atomic mass is 10.2. The van der Waals surface area contributed by atoms with E-state index in [0.29, 0.717) is 11.3 Å². The van der Waals surface area contributed by atoms with Crippen molar-refractivity contribution in [3.63, 3.8) is 0 Å². The number of hydrogen-bond acceptors (Lipinski definition) is 4. The lowest BCUT2D eigenvalue weighted by Crippen LogP contribution is -2.05. The first-order valence-electron chi connectivity index (χ1n) is 8.31. The monoisotopic (exact) mass is 515 g/mol. The number of nitrogens with one attached hydrogen (secondary N) is 1. The fourth-order valence-electron chi connectivity index (χ4n) is 2.29. The highest BCUT2D eigenvalue weighted by atomic mass is 127. The van der Waals surface area contributed by atoms with Gasteiger partial charge >= 0.3 is 6.18 Å². The molecule has 0 saturated heterocycles. The number of hydrogen-bond donors (Lipinski definition) is 1. The molecule has 0 saturated carbocycles. The first-order valence-corrected chi connectivity index (χ1v) is 9.39. The molecule has 1 heterocycles. The van der Waals surface area contributed by atoms with Crippen molar-refractivity contribution in [3.8, 4) is 5.75 Å². The molecule has 0 aliphatic heterocycles. The molecule has 0 bridgehead atoms. The second-order valence-electron chi connectivity index (χ2n) is 5.87. The van der Waals surface area contributed by atoms with Gasteiger partial charge in [-0.2, -0.15) is 18.3 Å². The average molecular weight is 515 g/mol. The van der Waals surface area contributed by atoms with Gasteiger partial charge in [-0.15, -0.1) is 0 Å². The summed E-state index contributed by atoms with van der Waals surface area (Å²) in [5.41, 5.74) is 2.95. The van der Waals surface area contributed by atoms with Crippen LogP contribution in [0.15, 0.2) is 65.9 Å². The van der Waals surface area contributed by atoms with Gasteiger partial charge in [0, 0.05) is 11.8 Å². The van der Waals surface area contributed by atoms with E-state index in [-0.39, 0.29) is 18.2 Å². The summed E-state index contributed by atoms with van der Waals surface area (Å²) >= 11 is 2.09. The molecule has 150 valence electrons. The van der Waals surface area contributed by atoms with Crippen molar-refractivity contribution in [1.29, 1.82) is 0 Å². The van der Waals surface area contributed by atoms with Crippen molar-refractivity contribution < 1.29 is 22.3 Å². The van der Waals surface area contributed by atoms with Gasteiger partial charge in [0.1, 0.15) is 24.0 Å². The van der Waals surface area contributed by atoms with E-state index in [0.717, 1.165) is 21.4 Å². The minimum Gasteiger partial charge on any atom is -0.488 e. The van der Waals surface area contributed by atoms with Crippen molar-refractivity contribution >= 4 is 34.6 Å². The van der Waals surface area contributed by atoms with Crippen LogP contribution in [0.4, 0.5) is 23.4 Å². The third-order valence-corrected chi connectivity index (χ3v) is 4.62. The molecular weight excluding hydrogens is 501 g/mol. The van der Waals surface area contributed by atoms with Gasteiger partial charge in [0.25, 0.3) is 0 Å². The maximum atomic E-state index is 13.6. The Hall–Kier alpha value is -2.69. The third kappa shape index (κ3) is 5.89. The summed E-state index contributed by atoms with van der Waals surface area (Å²) in [4.78, 5) is 3.67. The van der Waals surface area contributed by atoms with Gasteiger partial charge in [-0.1, -0.05) is 18.2 Å². The van der Waals surface area contributed by atoms with E-state index in [1.54, 1.807) is 30.3 Å². The molecule has 4 nitrogen and oxygen atoms in total. The number of pyridine rings is 1. The lowest BCUT2D eigenvalue weighted by Gasteiger charge is -2.09. The summed E-state index contributed by atoms with van der Waals surface area (Å²) in [5.74, 6) is 0.464. The maximum absolute atomic E-state index is 13.6. The SMILES string of the molecule is Fc1ccccc1COc1ccc(/C=N\Nc2ccc(C(F)(F)F)cn2)cc1I. The Labute approximate surface area is 177 Å². The van der Waals surface area contributed by atoms with E-state index in [1.807, 2.05) is 6.07 Å². The van der Waals surface area contributed by atoms with Crippen LogP contribution in [0.1, 0.15) is 16.7 Å². The Morgan fingerprint density at radius 3 is 2.55 bits per heavy atom. The van der Waals surface area contributed by atoms with Gasteiger partial charge in [0.2, 0.25) is 0 Å². The van der Waals surface area contributed by atoms with Crippen LogP contribution < -0.4 is 10.2 Å². The number of ether oxygens (including phenoxy) is 1. The van der Waals surface area contributed by atoms with Crippen LogP contribution in [0.25, 0.3) is 0 Å². The van der Waals surface area contributed by atoms with Gasteiger partial charge in [0.15, 0.2) is 0 Å². The minimum absolute atomic E-state index is 0.108. The number of rotatable bonds is 6. The molecule has 0 fully saturated rings. The van der Waals surface area contributed by atoms with Crippen LogP contribution in [0.2, 0.25) is 0 Å². The summed E-state index contributed by atoms with van der Waals surface area (Å²) in [7, 11) is 0. The standard InChI is InChI=1S/C20H14F4IN3O/c21-16-4-2-1-3-14(16)12-29-18-7-5-13(9-17(18)25)10-27-28-19-8-6-15(11-26-19)20(22,23)24/h1-11H,12H2,(H,26,28)/b27-10-. The summed E-state index contributed by atoms with van der Waals surface area (Å²) in [5, 5.41) is 3.97. The molecule has 29 heavy (non-hydrogen) atoms. The van der Waals surface area contributed by atoms with E-state index >= 15 is 0 Å². The van der Waals surface area contributed by atoms with Crippen molar-refractivity contribution in [2.45, 2.75) is 12.8 Å². The lowest BCUT2D eigenvalue weighted by molar-refractivity contribution is -0.137. The molecule has 9 heteroatoms. The van der Waals surface area contributed by atoms with Crippen LogP contribution in [0.5, 0.6) is 5.75 Å². The first-order chi connectivity index (χ1) is 13.8. The Balaban J connectivity index is 1.59. The van der Waals surface area contributed by atoms with Gasteiger partial charge < -0.3 is 4.74 Å². The van der Waals surface area contributed by atoms with Crippen LogP contribution in [0, 0.1) is 9.39 Å². The number of anilines is 1. The molecule has 1 aromatic heterocycles. The highest BCUT2D eigenvalue weighted by Gasteiger charge is 2.30. The van der Waals surface area contributed by atoms with Gasteiger partial charge in [-0.25, -0.2) is 9.37 Å². The van der Waals surface area contributed by atoms with Gasteiger partial charge in [-0.3, -0.25) is 5.43 Å². The molecule has 3 aromatic rings. The van der Waals surface area contributed by atoms with E-state index in [4.69, 9.17) is 4.74 Å². The van der Waals surface area contributed by atoms with Crippen LogP contribution in [-0.2, 0) is 12.8 Å². The van der Waals surface area contributed by atoms with Crippen LogP contribution >= 0.6 is 22.6 Å². The van der Waals surface area contributed by atoms with Crippen molar-refractivity contribution in [2.24, 2.45) is 5.10 Å². The predicted octanol–water partition coefficient (Wildman–Crippen LogP) is 5.87. The fraction of sp³-hybridized carbons (Fsp3) is 0.100. The van der Waals surface area contributed by atoms with E-state index in [2.05, 4.69) is 38.1 Å². The van der Waals surface area contributed by atoms with E-state index < -0.39 is 11.7 Å². The van der Waals surface area contributed by atoms with E-state index in [9.17, 15) is 17.6 Å². The number of benzene rings is 2. The van der Waals surface area contributed by atoms with E-state index in [1.165, 1.54) is 18.3 Å². The molecule has 3 rings (SSSR count). The molecule has 0 amide bonds. The summed E-state index contributed by atoms with van der Waals surface area (Å²) < 4.78 is 57.7. The number of aromatic nitrogens is 1. The van der Waals surface area contributed by atoms with Crippen molar-refractivity contribution in [2.75, 3.05) is 5.43 Å². The van der Waals surface area contributed by atoms with Crippen LogP contribution in [-0.4, -0.2) is 11.2 Å². The van der Waals surface area contributed by atoms with Crippen molar-refractivity contribution in [3.05, 3.63) is 86.9 Å². The van der Waals surface area contributed by atoms with Gasteiger partial charge in [-0.05, 0) is 64.6 Å². The van der Waals surface area contributed by atoms with Crippen molar-refractivity contribution in [1.82, 2.24) is 4.98 Å². The Bertz CT molecular complexity index is 1010. The normalized spacial score (nSPS) is 11.6. The predicted molar refractivity (Wildman–Crippen MR) is 110 cm³/mol. The molecular formula is C20H14F4IN3O. The second kappa shape index (κ2) is 9.21. The fourth-order valence-corrected chi connectivity index (χ4v) is 2.98. The zero-order valence-corrected chi connectivity index (χ0v) is 16.9. The average Bonchev–Trinajstić information content (AvgIpc) is 2.68. The zero-order chi connectivity index (χ0) is 20.9. The summed E-state index contributed by atoms with van der Waals surface area (Å²) in [6.45, 7) is 0.108. The third-order valence-electron chi connectivity index (χ3n) is 3.78.